The van der Waals surface area contributed by atoms with Crippen molar-refractivity contribution in [3.63, 3.8) is 0 Å². The van der Waals surface area contributed by atoms with E-state index in [4.69, 9.17) is 0 Å². The van der Waals surface area contributed by atoms with E-state index in [9.17, 15) is 76.4 Å². The summed E-state index contributed by atoms with van der Waals surface area (Å²) in [4.78, 5) is 0. The molecule has 0 atom stereocenters. The van der Waals surface area contributed by atoms with Crippen LogP contribution in [0.25, 0.3) is 82.8 Å². The van der Waals surface area contributed by atoms with Crippen LogP contribution in [0.1, 0.15) is 40.3 Å². The van der Waals surface area contributed by atoms with Gasteiger partial charge in [-0.2, -0.15) is 76.4 Å². The van der Waals surface area contributed by atoms with Crippen LogP contribution in [0.2, 0.25) is 0 Å². The third kappa shape index (κ3) is 9.57. The monoisotopic (exact) mass is 1040 g/mol. The van der Waals surface area contributed by atoms with Crippen molar-refractivity contribution in [1.82, 2.24) is 9.13 Å². The van der Waals surface area contributed by atoms with E-state index in [1.54, 1.807) is 54.6 Å². The fourth-order valence-corrected chi connectivity index (χ4v) is 9.08. The van der Waals surface area contributed by atoms with Gasteiger partial charge in [-0.25, -0.2) is 0 Å². The molecule has 0 aliphatic heterocycles. The molecule has 378 valence electrons. The predicted molar refractivity (Wildman–Crippen MR) is 253 cm³/mol. The maximum Gasteiger partial charge on any atom is 0.416 e. The lowest BCUT2D eigenvalue weighted by Gasteiger charge is -2.22. The Bertz CT molecular complexity index is 3960. The minimum Gasteiger partial charge on any atom is -0.308 e. The number of fused-ring (bicyclic) bond motifs is 6. The van der Waals surface area contributed by atoms with Crippen molar-refractivity contribution in [2.45, 2.75) is 37.8 Å². The molecule has 0 amide bonds. The first-order valence-corrected chi connectivity index (χ1v) is 21.9. The van der Waals surface area contributed by atoms with Crippen LogP contribution in [0.5, 0.6) is 0 Å². The van der Waals surface area contributed by atoms with E-state index in [1.807, 2.05) is 6.07 Å². The molecule has 0 saturated heterocycles. The number of nitriles is 2. The van der Waals surface area contributed by atoms with Gasteiger partial charge in [0, 0.05) is 32.7 Å². The van der Waals surface area contributed by atoms with Crippen LogP contribution < -0.4 is 0 Å². The van der Waals surface area contributed by atoms with Gasteiger partial charge in [0.15, 0.2) is 0 Å². The molecule has 4 nitrogen and oxygen atoms in total. The van der Waals surface area contributed by atoms with Gasteiger partial charge in [-0.1, -0.05) is 67.2 Å². The first-order chi connectivity index (χ1) is 35.1. The Hall–Kier alpha value is -8.71. The standard InChI is InChI=1S/C56H29F15N4/c1-29(15-37(53(60,61)62)16-30(2)52(57,58)59)33-11-13-43-41-7-3-5-9-45(41)74(47(43)24-33)49-19-32(28-73)20-50(51(49)36-17-31(27-72)18-38(23-36)54(63,64)65)75-46-10-6-4-8-42(46)44-14-12-34(25-48(44)75)35-21-39(55(66,67)68)26-40(22-35)56(69,70)71/h3-26H,1H2,2H3/b30-16+,37-15+. The smallest absolute Gasteiger partial charge is 0.308 e. The molecule has 9 rings (SSSR count). The molecule has 0 aliphatic rings. The van der Waals surface area contributed by atoms with E-state index in [0.29, 0.717) is 58.3 Å². The Morgan fingerprint density at radius 2 is 0.907 bits per heavy atom. The number of hydrogen-bond acceptors (Lipinski definition) is 2. The van der Waals surface area contributed by atoms with Crippen LogP contribution in [-0.2, 0) is 18.5 Å². The van der Waals surface area contributed by atoms with Crippen LogP contribution >= 0.6 is 0 Å². The number of para-hydroxylation sites is 2. The van der Waals surface area contributed by atoms with E-state index in [1.165, 1.54) is 57.7 Å². The summed E-state index contributed by atoms with van der Waals surface area (Å²) in [5, 5.41) is 22.5. The Morgan fingerprint density at radius 3 is 1.40 bits per heavy atom. The quantitative estimate of drug-likeness (QED) is 0.118. The summed E-state index contributed by atoms with van der Waals surface area (Å²) in [5.74, 6) is 0. The van der Waals surface area contributed by atoms with Gasteiger partial charge in [0.1, 0.15) is 0 Å². The van der Waals surface area contributed by atoms with Gasteiger partial charge in [-0.15, -0.1) is 0 Å². The highest BCUT2D eigenvalue weighted by atomic mass is 19.4. The second-order valence-corrected chi connectivity index (χ2v) is 17.3. The highest BCUT2D eigenvalue weighted by Crippen LogP contribution is 2.47. The zero-order valence-corrected chi connectivity index (χ0v) is 38.0. The molecule has 0 aliphatic carbocycles. The molecule has 0 spiro atoms. The molecule has 0 saturated carbocycles. The molecule has 7 aromatic carbocycles. The zero-order chi connectivity index (χ0) is 54.3. The maximum atomic E-state index is 14.9. The normalized spacial score (nSPS) is 13.3. The van der Waals surface area contributed by atoms with Crippen molar-refractivity contribution in [2.75, 3.05) is 0 Å². The predicted octanol–water partition coefficient (Wildman–Crippen LogP) is 18.0. The van der Waals surface area contributed by atoms with Crippen LogP contribution in [0.15, 0.2) is 163 Å². The van der Waals surface area contributed by atoms with Crippen molar-refractivity contribution in [3.05, 3.63) is 197 Å². The fraction of sp³-hybridized carbons (Fsp3) is 0.107. The SMILES string of the molecule is C=C(/C=C(\C=C(/C)C(F)(F)F)C(F)(F)F)c1ccc2c3ccccc3n(-c3cc(C#N)cc(-n4c5ccccc5c5ccc(-c6cc(C(F)(F)F)cc(C(F)(F)F)c6)cc54)c3-c3cc(C#N)cc(C(F)(F)F)c3)c2c1. The highest BCUT2D eigenvalue weighted by Gasteiger charge is 2.39. The van der Waals surface area contributed by atoms with Crippen LogP contribution in [0.4, 0.5) is 65.9 Å². The molecule has 0 N–H and O–H groups in total. The zero-order valence-electron chi connectivity index (χ0n) is 38.0. The van der Waals surface area contributed by atoms with E-state index in [0.717, 1.165) is 12.1 Å². The third-order valence-electron chi connectivity index (χ3n) is 12.5. The number of aromatic nitrogens is 2. The number of allylic oxidation sites excluding steroid dienone is 5. The Labute approximate surface area is 414 Å². The summed E-state index contributed by atoms with van der Waals surface area (Å²) in [6.07, 6.45) is -25.6. The Balaban J connectivity index is 1.42. The number of hydrogen-bond donors (Lipinski definition) is 0. The topological polar surface area (TPSA) is 57.4 Å². The minimum absolute atomic E-state index is 0.0361. The second kappa shape index (κ2) is 18.0. The molecule has 2 aromatic heterocycles. The van der Waals surface area contributed by atoms with Gasteiger partial charge in [-0.3, -0.25) is 0 Å². The average Bonchev–Trinajstić information content (AvgIpc) is 3.86. The van der Waals surface area contributed by atoms with E-state index in [-0.39, 0.29) is 67.9 Å². The summed E-state index contributed by atoms with van der Waals surface area (Å²) in [5.41, 5.74) is -9.37. The number of nitrogens with zero attached hydrogens (tertiary/aromatic N) is 4. The van der Waals surface area contributed by atoms with E-state index in [2.05, 4.69) is 6.58 Å². The van der Waals surface area contributed by atoms with Crippen molar-refractivity contribution in [1.29, 1.82) is 10.5 Å². The summed E-state index contributed by atoms with van der Waals surface area (Å²) in [7, 11) is 0. The molecule has 0 unspecified atom stereocenters. The molecule has 75 heavy (non-hydrogen) atoms. The van der Waals surface area contributed by atoms with E-state index < -0.39 is 75.4 Å². The lowest BCUT2D eigenvalue weighted by molar-refractivity contribution is -0.143. The first kappa shape index (κ1) is 51.2. The van der Waals surface area contributed by atoms with Gasteiger partial charge in [0.25, 0.3) is 0 Å². The largest absolute Gasteiger partial charge is 0.416 e. The molecule has 0 bridgehead atoms. The van der Waals surface area contributed by atoms with Crippen molar-refractivity contribution in [3.8, 4) is 45.8 Å². The lowest BCUT2D eigenvalue weighted by Crippen LogP contribution is -2.14. The highest BCUT2D eigenvalue weighted by molar-refractivity contribution is 6.13. The Kier molecular flexibility index (Phi) is 12.3. The van der Waals surface area contributed by atoms with Crippen molar-refractivity contribution < 1.29 is 65.9 Å². The number of benzene rings is 7. The van der Waals surface area contributed by atoms with Gasteiger partial charge < -0.3 is 9.13 Å². The van der Waals surface area contributed by atoms with Crippen molar-refractivity contribution >= 4 is 49.2 Å². The van der Waals surface area contributed by atoms with Crippen molar-refractivity contribution in [2.24, 2.45) is 0 Å². The fourth-order valence-electron chi connectivity index (χ4n) is 9.08. The van der Waals surface area contributed by atoms with Gasteiger partial charge in [-0.05, 0) is 120 Å². The lowest BCUT2D eigenvalue weighted by atomic mass is 9.94. The second-order valence-electron chi connectivity index (χ2n) is 17.3. The van der Waals surface area contributed by atoms with Gasteiger partial charge in [0.2, 0.25) is 0 Å². The molecule has 9 aromatic rings. The van der Waals surface area contributed by atoms with Gasteiger partial charge in [0.05, 0.1) is 79.0 Å². The number of halogens is 15. The molecule has 0 fully saturated rings. The summed E-state index contributed by atoms with van der Waals surface area (Å²) in [6.45, 7) is 4.19. The van der Waals surface area contributed by atoms with Crippen LogP contribution in [-0.4, -0.2) is 21.5 Å². The van der Waals surface area contributed by atoms with Crippen LogP contribution in [0.3, 0.4) is 0 Å². The summed E-state index contributed by atoms with van der Waals surface area (Å²) in [6, 6.07) is 30.9. The molecular weight excluding hydrogens is 1010 g/mol. The van der Waals surface area contributed by atoms with E-state index >= 15 is 0 Å². The molecule has 19 heteroatoms. The average molecular weight is 1040 g/mol. The van der Waals surface area contributed by atoms with Crippen LogP contribution in [0, 0.1) is 22.7 Å². The number of rotatable bonds is 7. The molecule has 2 heterocycles. The third-order valence-corrected chi connectivity index (χ3v) is 12.5. The van der Waals surface area contributed by atoms with Gasteiger partial charge >= 0.3 is 30.9 Å². The Morgan fingerprint density at radius 1 is 0.453 bits per heavy atom. The summed E-state index contributed by atoms with van der Waals surface area (Å²) >= 11 is 0. The minimum atomic E-state index is -5.29. The maximum absolute atomic E-state index is 14.9. The first-order valence-electron chi connectivity index (χ1n) is 21.9. The summed E-state index contributed by atoms with van der Waals surface area (Å²) < 4.78 is 216. The number of alkyl halides is 15. The molecule has 0 radical (unpaired) electrons. The molecular formula is C56H29F15N4.